The van der Waals surface area contributed by atoms with Gasteiger partial charge < -0.3 is 5.11 Å². The second-order valence-electron chi connectivity index (χ2n) is 3.70. The maximum Gasteiger partial charge on any atom is 0.0602 e. The van der Waals surface area contributed by atoms with Gasteiger partial charge >= 0.3 is 0 Å². The zero-order valence-corrected chi connectivity index (χ0v) is 8.64. The first-order chi connectivity index (χ1) is 5.59. The maximum absolute atomic E-state index is 9.65. The molecule has 0 aliphatic carbocycles. The Balaban J connectivity index is 3.56. The normalized spacial score (nSPS) is 15.7. The van der Waals surface area contributed by atoms with Crippen LogP contribution in [-0.2, 0) is 0 Å². The molecular formula is C11H22O. The van der Waals surface area contributed by atoms with Gasteiger partial charge in [0.1, 0.15) is 0 Å². The van der Waals surface area contributed by atoms with Crippen molar-refractivity contribution in [3.05, 3.63) is 12.2 Å². The lowest BCUT2D eigenvalue weighted by Gasteiger charge is -2.18. The van der Waals surface area contributed by atoms with Gasteiger partial charge in [0.2, 0.25) is 0 Å². The Kier molecular flexibility index (Phi) is 6.09. The van der Waals surface area contributed by atoms with Gasteiger partial charge in [0.05, 0.1) is 6.10 Å². The topological polar surface area (TPSA) is 20.2 Å². The van der Waals surface area contributed by atoms with Gasteiger partial charge in [0.25, 0.3) is 0 Å². The van der Waals surface area contributed by atoms with E-state index in [0.29, 0.717) is 0 Å². The van der Waals surface area contributed by atoms with Crippen molar-refractivity contribution in [2.75, 3.05) is 0 Å². The van der Waals surface area contributed by atoms with Crippen LogP contribution in [0, 0.1) is 5.92 Å². The summed E-state index contributed by atoms with van der Waals surface area (Å²) in [4.78, 5) is 0. The largest absolute Gasteiger partial charge is 0.393 e. The van der Waals surface area contributed by atoms with Gasteiger partial charge in [-0.1, -0.05) is 45.3 Å². The summed E-state index contributed by atoms with van der Waals surface area (Å²) in [5, 5.41) is 9.65. The average Bonchev–Trinajstić information content (AvgIpc) is 2.03. The first kappa shape index (κ1) is 11.7. The van der Waals surface area contributed by atoms with E-state index in [1.54, 1.807) is 0 Å². The fraction of sp³-hybridized carbons (Fsp3) is 0.818. The second-order valence-corrected chi connectivity index (χ2v) is 3.70. The van der Waals surface area contributed by atoms with Crippen molar-refractivity contribution >= 4 is 0 Å². The van der Waals surface area contributed by atoms with Crippen molar-refractivity contribution in [1.29, 1.82) is 0 Å². The van der Waals surface area contributed by atoms with E-state index in [2.05, 4.69) is 13.5 Å². The minimum absolute atomic E-state index is 0.186. The lowest BCUT2D eigenvalue weighted by Crippen LogP contribution is -2.17. The van der Waals surface area contributed by atoms with Crippen LogP contribution in [0.1, 0.15) is 46.5 Å². The van der Waals surface area contributed by atoms with Gasteiger partial charge in [-0.2, -0.15) is 0 Å². The molecule has 0 heterocycles. The molecule has 12 heavy (non-hydrogen) atoms. The van der Waals surface area contributed by atoms with Crippen molar-refractivity contribution < 1.29 is 5.11 Å². The molecule has 72 valence electrons. The first-order valence-electron chi connectivity index (χ1n) is 4.93. The van der Waals surface area contributed by atoms with E-state index in [0.717, 1.165) is 18.4 Å². The average molecular weight is 170 g/mol. The molecule has 0 saturated carbocycles. The summed E-state index contributed by atoms with van der Waals surface area (Å²) in [5.41, 5.74) is 1.08. The number of unbranched alkanes of at least 4 members (excludes halogenated alkanes) is 2. The Bertz CT molecular complexity index is 129. The van der Waals surface area contributed by atoms with E-state index >= 15 is 0 Å². The molecule has 0 radical (unpaired) electrons. The highest BCUT2D eigenvalue weighted by Crippen LogP contribution is 2.17. The van der Waals surface area contributed by atoms with Gasteiger partial charge in [0, 0.05) is 5.92 Å². The third-order valence-corrected chi connectivity index (χ3v) is 2.46. The molecule has 0 saturated heterocycles. The van der Waals surface area contributed by atoms with Crippen molar-refractivity contribution in [1.82, 2.24) is 0 Å². The van der Waals surface area contributed by atoms with E-state index < -0.39 is 0 Å². The van der Waals surface area contributed by atoms with E-state index in [-0.39, 0.29) is 12.0 Å². The summed E-state index contributed by atoms with van der Waals surface area (Å²) in [6, 6.07) is 0. The third-order valence-electron chi connectivity index (χ3n) is 2.46. The van der Waals surface area contributed by atoms with Crippen LogP contribution >= 0.6 is 0 Å². The van der Waals surface area contributed by atoms with Crippen LogP contribution in [0.4, 0.5) is 0 Å². The summed E-state index contributed by atoms with van der Waals surface area (Å²) in [6.07, 6.45) is 4.31. The molecule has 0 rings (SSSR count). The van der Waals surface area contributed by atoms with Crippen molar-refractivity contribution in [3.8, 4) is 0 Å². The highest BCUT2D eigenvalue weighted by atomic mass is 16.3. The Hall–Kier alpha value is -0.300. The Morgan fingerprint density at radius 2 is 2.00 bits per heavy atom. The zero-order valence-electron chi connectivity index (χ0n) is 8.64. The summed E-state index contributed by atoms with van der Waals surface area (Å²) in [6.45, 7) is 10.0. The predicted octanol–water partition coefficient (Wildman–Crippen LogP) is 3.14. The third kappa shape index (κ3) is 4.55. The Labute approximate surface area is 76.5 Å². The van der Waals surface area contributed by atoms with Gasteiger partial charge in [-0.15, -0.1) is 0 Å². The molecule has 0 aromatic rings. The second kappa shape index (κ2) is 6.24. The van der Waals surface area contributed by atoms with Gasteiger partial charge in [0.15, 0.2) is 0 Å². The van der Waals surface area contributed by atoms with Crippen molar-refractivity contribution in [3.63, 3.8) is 0 Å². The lowest BCUT2D eigenvalue weighted by molar-refractivity contribution is 0.120. The fourth-order valence-corrected chi connectivity index (χ4v) is 1.18. The van der Waals surface area contributed by atoms with Crippen molar-refractivity contribution in [2.24, 2.45) is 5.92 Å². The minimum atomic E-state index is -0.186. The Morgan fingerprint density at radius 3 is 2.42 bits per heavy atom. The van der Waals surface area contributed by atoms with E-state index in [1.807, 2.05) is 13.8 Å². The molecule has 0 bridgehead atoms. The van der Waals surface area contributed by atoms with Crippen LogP contribution < -0.4 is 0 Å². The first-order valence-corrected chi connectivity index (χ1v) is 4.93. The maximum atomic E-state index is 9.65. The molecule has 0 fully saturated rings. The standard InChI is InChI=1S/C11H22O/c1-5-6-7-8-11(12)10(4)9(2)3/h10-12H,2,5-8H2,1,3-4H3/t10-,11-/m1/s1. The number of rotatable bonds is 6. The number of hydrogen-bond donors (Lipinski definition) is 1. The predicted molar refractivity (Wildman–Crippen MR) is 54.1 cm³/mol. The van der Waals surface area contributed by atoms with Crippen molar-refractivity contribution in [2.45, 2.75) is 52.6 Å². The van der Waals surface area contributed by atoms with Gasteiger partial charge in [-0.25, -0.2) is 0 Å². The lowest BCUT2D eigenvalue weighted by atomic mass is 9.94. The fourth-order valence-electron chi connectivity index (χ4n) is 1.18. The summed E-state index contributed by atoms with van der Waals surface area (Å²) in [5.74, 6) is 0.252. The molecule has 1 nitrogen and oxygen atoms in total. The zero-order chi connectivity index (χ0) is 9.56. The number of aliphatic hydroxyl groups excluding tert-OH is 1. The number of aliphatic hydroxyl groups is 1. The molecule has 0 spiro atoms. The Morgan fingerprint density at radius 1 is 1.42 bits per heavy atom. The molecule has 0 aliphatic rings. The number of hydrogen-bond acceptors (Lipinski definition) is 1. The highest BCUT2D eigenvalue weighted by molar-refractivity contribution is 4.96. The minimum Gasteiger partial charge on any atom is -0.393 e. The smallest absolute Gasteiger partial charge is 0.0602 e. The molecule has 0 unspecified atom stereocenters. The molecule has 1 heteroatoms. The molecule has 2 atom stereocenters. The SMILES string of the molecule is C=C(C)[C@@H](C)[C@H](O)CCCCC. The van der Waals surface area contributed by atoms with Gasteiger partial charge in [-0.05, 0) is 13.3 Å². The quantitative estimate of drug-likeness (QED) is 0.479. The van der Waals surface area contributed by atoms with Crippen LogP contribution in [0.3, 0.4) is 0 Å². The molecule has 0 aromatic carbocycles. The summed E-state index contributed by atoms with van der Waals surface area (Å²) >= 11 is 0. The molecular weight excluding hydrogens is 148 g/mol. The van der Waals surface area contributed by atoms with E-state index in [1.165, 1.54) is 12.8 Å². The summed E-state index contributed by atoms with van der Waals surface area (Å²) < 4.78 is 0. The van der Waals surface area contributed by atoms with E-state index in [9.17, 15) is 5.11 Å². The molecule has 0 amide bonds. The van der Waals surface area contributed by atoms with Crippen LogP contribution in [0.25, 0.3) is 0 Å². The van der Waals surface area contributed by atoms with Crippen LogP contribution in [0.2, 0.25) is 0 Å². The molecule has 0 aromatic heterocycles. The molecule has 0 aliphatic heterocycles. The molecule has 1 N–H and O–H groups in total. The van der Waals surface area contributed by atoms with E-state index in [4.69, 9.17) is 0 Å². The summed E-state index contributed by atoms with van der Waals surface area (Å²) in [7, 11) is 0. The van der Waals surface area contributed by atoms with Gasteiger partial charge in [-0.3, -0.25) is 0 Å². The van der Waals surface area contributed by atoms with Crippen LogP contribution in [-0.4, -0.2) is 11.2 Å². The highest BCUT2D eigenvalue weighted by Gasteiger charge is 2.13. The van der Waals surface area contributed by atoms with Crippen LogP contribution in [0.15, 0.2) is 12.2 Å². The monoisotopic (exact) mass is 170 g/mol. The van der Waals surface area contributed by atoms with Crippen LogP contribution in [0.5, 0.6) is 0 Å².